The van der Waals surface area contributed by atoms with Crippen LogP contribution in [0.25, 0.3) is 0 Å². The van der Waals surface area contributed by atoms with Gasteiger partial charge >= 0.3 is 5.97 Å². The molecule has 0 unspecified atom stereocenters. The minimum Gasteiger partial charge on any atom is -0.458 e. The van der Waals surface area contributed by atoms with Crippen LogP contribution in [0, 0.1) is 28.6 Å². The lowest BCUT2D eigenvalue weighted by atomic mass is 9.46. The minimum atomic E-state index is -1.54. The highest BCUT2D eigenvalue weighted by molar-refractivity contribution is 6.01. The lowest BCUT2D eigenvalue weighted by Crippen LogP contribution is -2.62. The van der Waals surface area contributed by atoms with Gasteiger partial charge in [0.1, 0.15) is 11.2 Å². The molecule has 5 rings (SSSR count). The lowest BCUT2D eigenvalue weighted by molar-refractivity contribution is -0.170. The molecule has 5 aliphatic rings. The van der Waals surface area contributed by atoms with E-state index in [0.717, 1.165) is 24.8 Å². The standard InChI is InChI=1S/C24H30O6/c1-13-9-18-17-6-5-15-10-16(26)7-8-21(15,3)24(17)20(30-24)11-22(18,4)23(13,28)19(27)12-29-14(2)25/h7-8,10,13,17-18,20,28H,5-6,9,11-12H2,1-4H3/t13-,17+,18+,20-,21+,22+,23+,24-/m1/s1. The van der Waals surface area contributed by atoms with Gasteiger partial charge in [-0.1, -0.05) is 25.5 Å². The van der Waals surface area contributed by atoms with E-state index in [-0.39, 0.29) is 40.7 Å². The summed E-state index contributed by atoms with van der Waals surface area (Å²) in [5.74, 6) is -0.783. The predicted octanol–water partition coefficient (Wildman–Crippen LogP) is 2.53. The van der Waals surface area contributed by atoms with Crippen LogP contribution >= 0.6 is 0 Å². The number of hydrogen-bond acceptors (Lipinski definition) is 6. The summed E-state index contributed by atoms with van der Waals surface area (Å²) in [6, 6.07) is 0. The van der Waals surface area contributed by atoms with Gasteiger partial charge in [0, 0.05) is 17.8 Å². The third kappa shape index (κ3) is 2.14. The molecule has 0 aromatic rings. The highest BCUT2D eigenvalue weighted by Crippen LogP contribution is 2.76. The summed E-state index contributed by atoms with van der Waals surface area (Å²) in [4.78, 5) is 36.3. The van der Waals surface area contributed by atoms with Gasteiger partial charge in [0.05, 0.1) is 6.10 Å². The third-order valence-electron chi connectivity index (χ3n) is 9.35. The summed E-state index contributed by atoms with van der Waals surface area (Å²) < 4.78 is 11.4. The maximum Gasteiger partial charge on any atom is 0.303 e. The minimum absolute atomic E-state index is 0.0371. The first-order valence-corrected chi connectivity index (χ1v) is 11.0. The molecule has 1 heterocycles. The Morgan fingerprint density at radius 3 is 2.73 bits per heavy atom. The number of ether oxygens (including phenoxy) is 2. The smallest absolute Gasteiger partial charge is 0.303 e. The molecule has 0 aromatic heterocycles. The molecule has 1 spiro atoms. The van der Waals surface area contributed by atoms with Crippen molar-refractivity contribution in [1.82, 2.24) is 0 Å². The molecule has 162 valence electrons. The van der Waals surface area contributed by atoms with Crippen molar-refractivity contribution < 1.29 is 29.0 Å². The molecule has 1 saturated heterocycles. The zero-order valence-corrected chi connectivity index (χ0v) is 18.1. The molecular weight excluding hydrogens is 384 g/mol. The number of carbonyl (C=O) groups excluding carboxylic acids is 3. The SMILES string of the molecule is CC(=O)OCC(=O)[C@@]1(O)[C@H](C)C[C@H]2[C@@H]3CCC4=CC(=O)C=C[C@]4(C)[C@@]34O[C@@H]4C[C@@]21C. The zero-order chi connectivity index (χ0) is 21.7. The number of aliphatic hydroxyl groups is 1. The van der Waals surface area contributed by atoms with E-state index >= 15 is 0 Å². The lowest BCUT2D eigenvalue weighted by Gasteiger charge is -2.55. The van der Waals surface area contributed by atoms with Crippen molar-refractivity contribution in [3.63, 3.8) is 0 Å². The van der Waals surface area contributed by atoms with Crippen LogP contribution in [-0.4, -0.2) is 46.6 Å². The van der Waals surface area contributed by atoms with Gasteiger partial charge in [0.15, 0.2) is 12.4 Å². The highest BCUT2D eigenvalue weighted by atomic mass is 16.6. The van der Waals surface area contributed by atoms with Gasteiger partial charge < -0.3 is 14.6 Å². The first-order chi connectivity index (χ1) is 14.0. The van der Waals surface area contributed by atoms with Crippen LogP contribution in [0.5, 0.6) is 0 Å². The summed E-state index contributed by atoms with van der Waals surface area (Å²) in [5.41, 5.74) is -1.71. The van der Waals surface area contributed by atoms with Crippen LogP contribution in [0.15, 0.2) is 23.8 Å². The number of ketones is 2. The first kappa shape index (κ1) is 20.1. The Bertz CT molecular complexity index is 919. The van der Waals surface area contributed by atoms with E-state index < -0.39 is 29.4 Å². The molecule has 30 heavy (non-hydrogen) atoms. The second-order valence-corrected chi connectivity index (χ2v) is 10.5. The number of epoxide rings is 1. The normalized spacial score (nSPS) is 50.6. The molecule has 3 saturated carbocycles. The van der Waals surface area contributed by atoms with Crippen molar-refractivity contribution in [2.24, 2.45) is 28.6 Å². The Labute approximate surface area is 176 Å². The topological polar surface area (TPSA) is 93.2 Å². The molecule has 1 N–H and O–H groups in total. The fourth-order valence-corrected chi connectivity index (χ4v) is 7.85. The van der Waals surface area contributed by atoms with E-state index in [1.807, 2.05) is 19.9 Å². The number of fused-ring (bicyclic) bond motifs is 3. The molecular formula is C24H30O6. The van der Waals surface area contributed by atoms with Gasteiger partial charge in [-0.25, -0.2) is 0 Å². The number of allylic oxidation sites excluding steroid dienone is 2. The molecule has 0 radical (unpaired) electrons. The van der Waals surface area contributed by atoms with Crippen molar-refractivity contribution in [3.05, 3.63) is 23.8 Å². The quantitative estimate of drug-likeness (QED) is 0.564. The summed E-state index contributed by atoms with van der Waals surface area (Å²) in [6.07, 6.45) is 8.43. The Kier molecular flexibility index (Phi) is 3.97. The third-order valence-corrected chi connectivity index (χ3v) is 9.35. The van der Waals surface area contributed by atoms with Crippen molar-refractivity contribution in [2.45, 2.75) is 70.7 Å². The number of esters is 1. The molecule has 1 aliphatic heterocycles. The number of rotatable bonds is 3. The molecule has 8 atom stereocenters. The van der Waals surface area contributed by atoms with Crippen molar-refractivity contribution in [1.29, 1.82) is 0 Å². The second kappa shape index (κ2) is 5.92. The maximum absolute atomic E-state index is 13.1. The zero-order valence-electron chi connectivity index (χ0n) is 18.1. The van der Waals surface area contributed by atoms with E-state index in [0.29, 0.717) is 6.42 Å². The Morgan fingerprint density at radius 1 is 1.30 bits per heavy atom. The van der Waals surface area contributed by atoms with Crippen LogP contribution in [0.3, 0.4) is 0 Å². The van der Waals surface area contributed by atoms with Crippen LogP contribution < -0.4 is 0 Å². The largest absolute Gasteiger partial charge is 0.458 e. The Morgan fingerprint density at radius 2 is 2.03 bits per heavy atom. The van der Waals surface area contributed by atoms with Gasteiger partial charge in [-0.3, -0.25) is 14.4 Å². The Balaban J connectivity index is 1.52. The van der Waals surface area contributed by atoms with E-state index in [4.69, 9.17) is 9.47 Å². The molecule has 0 aromatic carbocycles. The van der Waals surface area contributed by atoms with Gasteiger partial charge in [-0.15, -0.1) is 0 Å². The van der Waals surface area contributed by atoms with Crippen molar-refractivity contribution in [2.75, 3.05) is 6.61 Å². The average Bonchev–Trinajstić information content (AvgIpc) is 3.36. The predicted molar refractivity (Wildman–Crippen MR) is 107 cm³/mol. The van der Waals surface area contributed by atoms with Gasteiger partial charge in [-0.05, 0) is 62.5 Å². The van der Waals surface area contributed by atoms with E-state index in [1.54, 1.807) is 12.2 Å². The number of carbonyl (C=O) groups is 3. The van der Waals surface area contributed by atoms with Crippen LogP contribution in [0.1, 0.15) is 53.4 Å². The molecule has 4 aliphatic carbocycles. The summed E-state index contributed by atoms with van der Waals surface area (Å²) in [7, 11) is 0. The van der Waals surface area contributed by atoms with Crippen LogP contribution in [0.2, 0.25) is 0 Å². The number of hydrogen-bond donors (Lipinski definition) is 1. The van der Waals surface area contributed by atoms with Crippen molar-refractivity contribution in [3.8, 4) is 0 Å². The fourth-order valence-electron chi connectivity index (χ4n) is 7.85. The molecule has 6 heteroatoms. The molecule has 4 fully saturated rings. The number of Topliss-reactive ketones (excluding diaryl/α,β-unsaturated/α-hetero) is 1. The second-order valence-electron chi connectivity index (χ2n) is 10.5. The fraction of sp³-hybridized carbons (Fsp3) is 0.708. The van der Waals surface area contributed by atoms with Crippen molar-refractivity contribution >= 4 is 17.5 Å². The first-order valence-electron chi connectivity index (χ1n) is 11.0. The summed E-state index contributed by atoms with van der Waals surface area (Å²) >= 11 is 0. The molecule has 6 nitrogen and oxygen atoms in total. The van der Waals surface area contributed by atoms with Crippen LogP contribution in [0.4, 0.5) is 0 Å². The maximum atomic E-state index is 13.1. The summed E-state index contributed by atoms with van der Waals surface area (Å²) in [6.45, 7) is 7.00. The van der Waals surface area contributed by atoms with E-state index in [9.17, 15) is 19.5 Å². The molecule has 0 amide bonds. The average molecular weight is 414 g/mol. The Hall–Kier alpha value is -1.79. The highest BCUT2D eigenvalue weighted by Gasteiger charge is 2.81. The summed E-state index contributed by atoms with van der Waals surface area (Å²) in [5, 5.41) is 11.8. The van der Waals surface area contributed by atoms with E-state index in [2.05, 4.69) is 6.92 Å². The monoisotopic (exact) mass is 414 g/mol. The van der Waals surface area contributed by atoms with Gasteiger partial charge in [0.2, 0.25) is 5.78 Å². The van der Waals surface area contributed by atoms with E-state index in [1.165, 1.54) is 6.92 Å². The van der Waals surface area contributed by atoms with Gasteiger partial charge in [0.25, 0.3) is 0 Å². The molecule has 0 bridgehead atoms. The van der Waals surface area contributed by atoms with Crippen LogP contribution in [-0.2, 0) is 23.9 Å². The van der Waals surface area contributed by atoms with Gasteiger partial charge in [-0.2, -0.15) is 0 Å².